The SMILES string of the molecule is CCCC(NC(=O)[C@@H]1C[C@@H]2CN1C(=O)[C@H](C1CCCCC1)NC(=O)Cc1cccc(c1)OCCC(C)(C)O2)C(=O)C(=O)NCC(=O)OCc1ccccc1. The lowest BCUT2D eigenvalue weighted by Crippen LogP contribution is -2.58. The number of nitrogens with zero attached hydrogens (tertiary/aromatic N) is 1. The van der Waals surface area contributed by atoms with E-state index in [1.807, 2.05) is 63.2 Å². The van der Waals surface area contributed by atoms with Gasteiger partial charge in [0.15, 0.2) is 0 Å². The molecule has 13 heteroatoms. The van der Waals surface area contributed by atoms with Crippen LogP contribution in [0, 0.1) is 5.92 Å². The van der Waals surface area contributed by atoms with E-state index >= 15 is 0 Å². The molecule has 1 aliphatic carbocycles. The van der Waals surface area contributed by atoms with Crippen LogP contribution in [0.3, 0.4) is 0 Å². The van der Waals surface area contributed by atoms with Crippen LogP contribution in [0.25, 0.3) is 0 Å². The van der Waals surface area contributed by atoms with E-state index in [2.05, 4.69) is 16.0 Å². The number of carbonyl (C=O) groups excluding carboxylic acids is 6. The maximum Gasteiger partial charge on any atom is 0.325 e. The van der Waals surface area contributed by atoms with Crippen LogP contribution < -0.4 is 20.7 Å². The molecular formula is C41H54N4O9. The molecule has 2 aromatic carbocycles. The van der Waals surface area contributed by atoms with Crippen molar-refractivity contribution >= 4 is 35.4 Å². The van der Waals surface area contributed by atoms with E-state index in [0.29, 0.717) is 25.2 Å². The molecule has 1 unspecified atom stereocenters. The standard InChI is InChI=1S/C41H54N4O9/c1-4-12-32(37(48)39(50)42-24-35(47)53-26-27-13-7-5-8-14-27)43-38(49)33-23-31-25-45(33)40(51)36(29-16-9-6-10-17-29)44-34(46)22-28-15-11-18-30(21-28)52-20-19-41(2,3)54-31/h5,7-8,11,13-15,18,21,29,31-33,36H,4,6,9-10,12,16-17,19-20,22-26H2,1-3H3,(H,42,50)(H,43,49)(H,44,46)/t31-,32?,33+,36+/m1/s1. The van der Waals surface area contributed by atoms with Gasteiger partial charge < -0.3 is 35.1 Å². The Morgan fingerprint density at radius 2 is 1.78 bits per heavy atom. The number of ether oxygens (including phenoxy) is 3. The molecule has 2 heterocycles. The molecule has 3 aliphatic rings. The molecule has 4 amide bonds. The zero-order valence-corrected chi connectivity index (χ0v) is 31.6. The number of hydrogen-bond acceptors (Lipinski definition) is 9. The van der Waals surface area contributed by atoms with Crippen molar-refractivity contribution in [1.29, 1.82) is 0 Å². The molecule has 54 heavy (non-hydrogen) atoms. The normalized spacial score (nSPS) is 22.6. The van der Waals surface area contributed by atoms with Gasteiger partial charge in [-0.2, -0.15) is 0 Å². The molecule has 13 nitrogen and oxygen atoms in total. The molecule has 4 bridgehead atoms. The fraction of sp³-hybridized carbons (Fsp3) is 0.561. The van der Waals surface area contributed by atoms with E-state index in [9.17, 15) is 28.8 Å². The highest BCUT2D eigenvalue weighted by Crippen LogP contribution is 2.32. The summed E-state index contributed by atoms with van der Waals surface area (Å²) in [5, 5.41) is 8.09. The quantitative estimate of drug-likeness (QED) is 0.230. The topological polar surface area (TPSA) is 169 Å². The Labute approximate surface area is 317 Å². The van der Waals surface area contributed by atoms with E-state index < -0.39 is 59.9 Å². The van der Waals surface area contributed by atoms with Gasteiger partial charge >= 0.3 is 5.97 Å². The van der Waals surface area contributed by atoms with Crippen molar-refractivity contribution in [2.45, 2.75) is 121 Å². The summed E-state index contributed by atoms with van der Waals surface area (Å²) < 4.78 is 17.8. The number of nitrogens with one attached hydrogen (secondary N) is 3. The van der Waals surface area contributed by atoms with Gasteiger partial charge in [-0.3, -0.25) is 28.8 Å². The van der Waals surface area contributed by atoms with Gasteiger partial charge in [0.25, 0.3) is 5.91 Å². The first kappa shape index (κ1) is 40.4. The van der Waals surface area contributed by atoms with Crippen LogP contribution in [-0.4, -0.2) is 89.8 Å². The van der Waals surface area contributed by atoms with E-state index in [1.165, 1.54) is 4.90 Å². The minimum Gasteiger partial charge on any atom is -0.493 e. The Bertz CT molecular complexity index is 1640. The third-order valence-electron chi connectivity index (χ3n) is 10.3. The summed E-state index contributed by atoms with van der Waals surface area (Å²) in [6.07, 6.45) is 5.27. The number of amides is 4. The first-order valence-electron chi connectivity index (χ1n) is 19.2. The molecule has 0 radical (unpaired) electrons. The van der Waals surface area contributed by atoms with Crippen molar-refractivity contribution in [3.63, 3.8) is 0 Å². The van der Waals surface area contributed by atoms with Crippen LogP contribution in [0.15, 0.2) is 54.6 Å². The Morgan fingerprint density at radius 1 is 1.02 bits per heavy atom. The Hall–Kier alpha value is -4.78. The predicted molar refractivity (Wildman–Crippen MR) is 199 cm³/mol. The molecule has 1 saturated heterocycles. The molecule has 292 valence electrons. The third kappa shape index (κ3) is 11.4. The number of carbonyl (C=O) groups is 6. The van der Waals surface area contributed by atoms with Crippen molar-refractivity contribution in [2.75, 3.05) is 19.7 Å². The fourth-order valence-electron chi connectivity index (χ4n) is 7.49. The monoisotopic (exact) mass is 746 g/mol. The fourth-order valence-corrected chi connectivity index (χ4v) is 7.49. The van der Waals surface area contributed by atoms with E-state index in [4.69, 9.17) is 14.2 Å². The van der Waals surface area contributed by atoms with Gasteiger partial charge in [-0.05, 0) is 62.3 Å². The Balaban J connectivity index is 1.32. The molecular weight excluding hydrogens is 692 g/mol. The number of esters is 1. The lowest BCUT2D eigenvalue weighted by Gasteiger charge is -2.35. The van der Waals surface area contributed by atoms with Gasteiger partial charge in [-0.25, -0.2) is 0 Å². The summed E-state index contributed by atoms with van der Waals surface area (Å²) in [5.41, 5.74) is 0.855. The molecule has 0 aromatic heterocycles. The van der Waals surface area contributed by atoms with Crippen LogP contribution in [0.2, 0.25) is 0 Å². The smallest absolute Gasteiger partial charge is 0.325 e. The van der Waals surface area contributed by atoms with E-state index in [1.54, 1.807) is 12.1 Å². The molecule has 1 saturated carbocycles. The number of hydrogen-bond donors (Lipinski definition) is 3. The second-order valence-corrected chi connectivity index (χ2v) is 15.2. The number of Topliss-reactive ketones (excluding diaryl/α,β-unsaturated/α-hetero) is 1. The van der Waals surface area contributed by atoms with Gasteiger partial charge in [-0.1, -0.05) is 75.1 Å². The van der Waals surface area contributed by atoms with Crippen LogP contribution in [0.4, 0.5) is 0 Å². The van der Waals surface area contributed by atoms with Crippen molar-refractivity contribution < 1.29 is 43.0 Å². The summed E-state index contributed by atoms with van der Waals surface area (Å²) in [7, 11) is 0. The van der Waals surface area contributed by atoms with Crippen LogP contribution in [-0.2, 0) is 51.3 Å². The number of fused-ring (bicyclic) bond motifs is 4. The summed E-state index contributed by atoms with van der Waals surface area (Å²) in [5.74, 6) is -3.40. The third-order valence-corrected chi connectivity index (χ3v) is 10.3. The molecule has 4 atom stereocenters. The minimum atomic E-state index is -1.20. The first-order valence-corrected chi connectivity index (χ1v) is 19.2. The zero-order valence-electron chi connectivity index (χ0n) is 31.6. The zero-order chi connectivity index (χ0) is 38.7. The van der Waals surface area contributed by atoms with E-state index in [-0.39, 0.29) is 50.1 Å². The van der Waals surface area contributed by atoms with Gasteiger partial charge in [0.05, 0.1) is 30.8 Å². The minimum absolute atomic E-state index is 0.0171. The molecule has 2 aliphatic heterocycles. The maximum absolute atomic E-state index is 14.6. The Morgan fingerprint density at radius 3 is 2.52 bits per heavy atom. The maximum atomic E-state index is 14.6. The molecule has 0 spiro atoms. The number of rotatable bonds is 11. The average molecular weight is 747 g/mol. The summed E-state index contributed by atoms with van der Waals surface area (Å²) in [6.45, 7) is 5.64. The van der Waals surface area contributed by atoms with Crippen molar-refractivity contribution in [3.05, 3.63) is 65.7 Å². The van der Waals surface area contributed by atoms with Crippen molar-refractivity contribution in [1.82, 2.24) is 20.9 Å². The lowest BCUT2D eigenvalue weighted by molar-refractivity contribution is -0.147. The van der Waals surface area contributed by atoms with Crippen molar-refractivity contribution in [2.24, 2.45) is 5.92 Å². The molecule has 2 fully saturated rings. The summed E-state index contributed by atoms with van der Waals surface area (Å²) in [6, 6.07) is 13.3. The highest BCUT2D eigenvalue weighted by molar-refractivity contribution is 6.38. The van der Waals surface area contributed by atoms with Gasteiger partial charge in [0, 0.05) is 19.4 Å². The lowest BCUT2D eigenvalue weighted by atomic mass is 9.83. The highest BCUT2D eigenvalue weighted by Gasteiger charge is 2.46. The largest absolute Gasteiger partial charge is 0.493 e. The van der Waals surface area contributed by atoms with Gasteiger partial charge in [0.1, 0.15) is 31.0 Å². The van der Waals surface area contributed by atoms with E-state index in [0.717, 1.165) is 43.2 Å². The number of benzene rings is 2. The van der Waals surface area contributed by atoms with Crippen LogP contribution in [0.5, 0.6) is 5.75 Å². The summed E-state index contributed by atoms with van der Waals surface area (Å²) in [4.78, 5) is 82.4. The Kier molecular flexibility index (Phi) is 14.2. The molecule has 3 N–H and O–H groups in total. The predicted octanol–water partition coefficient (Wildman–Crippen LogP) is 3.56. The van der Waals surface area contributed by atoms with Crippen LogP contribution in [0.1, 0.15) is 89.7 Å². The average Bonchev–Trinajstić information content (AvgIpc) is 3.58. The second-order valence-electron chi connectivity index (χ2n) is 15.2. The highest BCUT2D eigenvalue weighted by atomic mass is 16.5. The second kappa shape index (κ2) is 19.0. The first-order chi connectivity index (χ1) is 25.9. The molecule has 5 rings (SSSR count). The number of ketones is 1. The summed E-state index contributed by atoms with van der Waals surface area (Å²) >= 11 is 0. The van der Waals surface area contributed by atoms with Gasteiger partial charge in [-0.15, -0.1) is 0 Å². The molecule has 2 aromatic rings. The van der Waals surface area contributed by atoms with Crippen molar-refractivity contribution in [3.8, 4) is 5.75 Å². The van der Waals surface area contributed by atoms with Gasteiger partial charge in [0.2, 0.25) is 23.5 Å². The van der Waals surface area contributed by atoms with Crippen LogP contribution >= 0.6 is 0 Å².